The van der Waals surface area contributed by atoms with Crippen molar-refractivity contribution in [3.8, 4) is 22.5 Å². The van der Waals surface area contributed by atoms with Gasteiger partial charge in [-0.2, -0.15) is 5.10 Å². The third-order valence-electron chi connectivity index (χ3n) is 5.65. The number of nitrogens with two attached hydrogens (primary N) is 1. The molecule has 2 aromatic heterocycles. The third kappa shape index (κ3) is 4.13. The molecule has 0 aliphatic carbocycles. The molecule has 0 atom stereocenters. The summed E-state index contributed by atoms with van der Waals surface area (Å²) in [4.78, 5) is 12.2. The molecular weight excluding hydrogens is 428 g/mol. The van der Waals surface area contributed by atoms with Gasteiger partial charge >= 0.3 is 0 Å². The second-order valence-electron chi connectivity index (χ2n) is 7.89. The van der Waals surface area contributed by atoms with Gasteiger partial charge in [0.05, 0.1) is 28.1 Å². The Morgan fingerprint density at radius 1 is 1.06 bits per heavy atom. The lowest BCUT2D eigenvalue weighted by Gasteiger charge is -2.28. The van der Waals surface area contributed by atoms with Crippen molar-refractivity contribution in [1.82, 2.24) is 25.1 Å². The number of anilines is 1. The van der Waals surface area contributed by atoms with Crippen LogP contribution in [0.1, 0.15) is 12.8 Å². The summed E-state index contributed by atoms with van der Waals surface area (Å²) in [5.41, 5.74) is 10.6. The maximum atomic E-state index is 6.54. The number of nitrogen functional groups attached to an aromatic ring is 1. The van der Waals surface area contributed by atoms with E-state index in [0.29, 0.717) is 16.1 Å². The summed E-state index contributed by atoms with van der Waals surface area (Å²) in [6, 6.07) is 14.0. The van der Waals surface area contributed by atoms with Crippen LogP contribution in [0.2, 0.25) is 5.02 Å². The van der Waals surface area contributed by atoms with Gasteiger partial charge < -0.3 is 10.6 Å². The normalized spacial score (nSPS) is 15.5. The number of benzene rings is 2. The summed E-state index contributed by atoms with van der Waals surface area (Å²) in [6.07, 6.45) is 4.00. The molecule has 3 N–H and O–H groups in total. The second kappa shape index (κ2) is 8.49. The van der Waals surface area contributed by atoms with Crippen LogP contribution in [0.3, 0.4) is 0 Å². The molecule has 0 radical (unpaired) electrons. The Kier molecular flexibility index (Phi) is 5.56. The minimum atomic E-state index is 0.474. The number of thioether (sulfide) groups is 1. The van der Waals surface area contributed by atoms with Crippen molar-refractivity contribution in [2.75, 3.05) is 25.9 Å². The number of hydrogen-bond acceptors (Lipinski definition) is 6. The van der Waals surface area contributed by atoms with Crippen LogP contribution in [0.15, 0.2) is 53.7 Å². The van der Waals surface area contributed by atoms with Crippen LogP contribution in [-0.2, 0) is 0 Å². The summed E-state index contributed by atoms with van der Waals surface area (Å²) in [7, 11) is 2.16. The van der Waals surface area contributed by atoms with E-state index in [1.807, 2.05) is 42.5 Å². The highest BCUT2D eigenvalue weighted by molar-refractivity contribution is 8.00. The van der Waals surface area contributed by atoms with Gasteiger partial charge in [0, 0.05) is 21.8 Å². The highest BCUT2D eigenvalue weighted by Gasteiger charge is 2.22. The Morgan fingerprint density at radius 2 is 1.81 bits per heavy atom. The Bertz CT molecular complexity index is 1220. The highest BCUT2D eigenvalue weighted by Crippen LogP contribution is 2.38. The van der Waals surface area contributed by atoms with E-state index in [9.17, 15) is 0 Å². The van der Waals surface area contributed by atoms with Crippen LogP contribution in [0.5, 0.6) is 0 Å². The van der Waals surface area contributed by atoms with Crippen molar-refractivity contribution in [3.05, 3.63) is 53.7 Å². The average molecular weight is 451 g/mol. The third-order valence-corrected chi connectivity index (χ3v) is 7.28. The van der Waals surface area contributed by atoms with E-state index in [4.69, 9.17) is 27.3 Å². The molecule has 0 saturated carbocycles. The van der Waals surface area contributed by atoms with Gasteiger partial charge in [0.2, 0.25) is 0 Å². The van der Waals surface area contributed by atoms with Crippen LogP contribution in [-0.4, -0.2) is 50.5 Å². The van der Waals surface area contributed by atoms with Gasteiger partial charge in [-0.15, -0.1) is 0 Å². The average Bonchev–Trinajstić information content (AvgIpc) is 3.26. The first-order chi connectivity index (χ1) is 15.1. The minimum Gasteiger partial charge on any atom is -0.381 e. The summed E-state index contributed by atoms with van der Waals surface area (Å²) >= 11 is 8.28. The van der Waals surface area contributed by atoms with E-state index in [2.05, 4.69) is 22.1 Å². The molecule has 31 heavy (non-hydrogen) atoms. The van der Waals surface area contributed by atoms with Crippen LogP contribution in [0.4, 0.5) is 5.82 Å². The van der Waals surface area contributed by atoms with Gasteiger partial charge in [-0.3, -0.25) is 5.10 Å². The lowest BCUT2D eigenvalue weighted by Crippen LogP contribution is -2.31. The van der Waals surface area contributed by atoms with Crippen molar-refractivity contribution >= 4 is 40.1 Å². The zero-order valence-corrected chi connectivity index (χ0v) is 18.7. The summed E-state index contributed by atoms with van der Waals surface area (Å²) < 4.78 is 0. The predicted octanol–water partition coefficient (Wildman–Crippen LogP) is 5.11. The van der Waals surface area contributed by atoms with Crippen LogP contribution < -0.4 is 5.73 Å². The zero-order valence-electron chi connectivity index (χ0n) is 17.2. The number of piperidine rings is 1. The van der Waals surface area contributed by atoms with Gasteiger partial charge in [-0.1, -0.05) is 53.7 Å². The number of aromatic nitrogens is 4. The monoisotopic (exact) mass is 450 g/mol. The van der Waals surface area contributed by atoms with E-state index >= 15 is 0 Å². The predicted molar refractivity (Wildman–Crippen MR) is 128 cm³/mol. The molecule has 2 aromatic carbocycles. The maximum absolute atomic E-state index is 6.54. The maximum Gasteiger partial charge on any atom is 0.156 e. The van der Waals surface area contributed by atoms with Crippen molar-refractivity contribution in [2.45, 2.75) is 23.1 Å². The summed E-state index contributed by atoms with van der Waals surface area (Å²) in [5, 5.41) is 9.88. The first kappa shape index (κ1) is 20.3. The van der Waals surface area contributed by atoms with E-state index < -0.39 is 0 Å². The molecule has 1 fully saturated rings. The molecule has 4 aromatic rings. The van der Waals surface area contributed by atoms with Crippen LogP contribution in [0.25, 0.3) is 33.4 Å². The Hall–Kier alpha value is -2.61. The fraction of sp³-hybridized carbons (Fsp3) is 0.261. The minimum absolute atomic E-state index is 0.474. The number of likely N-dealkylation sites (tertiary alicyclic amines) is 1. The van der Waals surface area contributed by atoms with Gasteiger partial charge in [0.15, 0.2) is 5.82 Å². The fourth-order valence-corrected chi connectivity index (χ4v) is 5.27. The fourth-order valence-electron chi connectivity index (χ4n) is 3.93. The SMILES string of the molecule is CN1CCC(Sc2nc(-c3cc(Cl)c4[nH]ncc4c3)c(-c3ccccc3)nc2N)CC1. The molecule has 0 bridgehead atoms. The zero-order chi connectivity index (χ0) is 21.4. The molecule has 3 heterocycles. The molecule has 0 unspecified atom stereocenters. The second-order valence-corrected chi connectivity index (χ2v) is 9.59. The van der Waals surface area contributed by atoms with Crippen molar-refractivity contribution in [3.63, 3.8) is 0 Å². The molecule has 158 valence electrons. The van der Waals surface area contributed by atoms with Crippen LogP contribution >= 0.6 is 23.4 Å². The lowest BCUT2D eigenvalue weighted by atomic mass is 10.0. The summed E-state index contributed by atoms with van der Waals surface area (Å²) in [5.74, 6) is 0.474. The van der Waals surface area contributed by atoms with Crippen molar-refractivity contribution < 1.29 is 0 Å². The number of hydrogen-bond donors (Lipinski definition) is 2. The summed E-state index contributed by atoms with van der Waals surface area (Å²) in [6.45, 7) is 2.18. The van der Waals surface area contributed by atoms with Gasteiger partial charge in [0.1, 0.15) is 5.03 Å². The first-order valence-corrected chi connectivity index (χ1v) is 11.6. The Balaban J connectivity index is 1.62. The molecule has 0 spiro atoms. The quantitative estimate of drug-likeness (QED) is 0.449. The molecule has 1 aliphatic heterocycles. The Labute approximate surface area is 190 Å². The number of halogens is 1. The molecule has 1 aliphatic rings. The number of rotatable bonds is 4. The van der Waals surface area contributed by atoms with Crippen molar-refractivity contribution in [2.24, 2.45) is 0 Å². The molecule has 8 heteroatoms. The van der Waals surface area contributed by atoms with E-state index in [1.54, 1.807) is 18.0 Å². The number of aromatic amines is 1. The molecule has 5 rings (SSSR count). The van der Waals surface area contributed by atoms with Crippen LogP contribution in [0, 0.1) is 0 Å². The molecule has 0 amide bonds. The van der Waals surface area contributed by atoms with E-state index in [0.717, 1.165) is 64.4 Å². The largest absolute Gasteiger partial charge is 0.381 e. The number of nitrogens with one attached hydrogen (secondary N) is 1. The number of H-pyrrole nitrogens is 1. The Morgan fingerprint density at radius 3 is 2.58 bits per heavy atom. The topological polar surface area (TPSA) is 83.7 Å². The first-order valence-electron chi connectivity index (χ1n) is 10.3. The lowest BCUT2D eigenvalue weighted by molar-refractivity contribution is 0.282. The standard InChI is InChI=1S/C23H23ClN6S/c1-30-9-7-17(8-10-30)31-23-22(25)27-20(14-5-3-2-4-6-14)21(28-23)15-11-16-13-26-29-19(16)18(24)12-15/h2-6,11-13,17H,7-10H2,1H3,(H2,25,27)(H,26,29). The van der Waals surface area contributed by atoms with E-state index in [-0.39, 0.29) is 0 Å². The van der Waals surface area contributed by atoms with Crippen molar-refractivity contribution in [1.29, 1.82) is 0 Å². The van der Waals surface area contributed by atoms with Gasteiger partial charge in [-0.25, -0.2) is 9.97 Å². The highest BCUT2D eigenvalue weighted by atomic mass is 35.5. The van der Waals surface area contributed by atoms with Gasteiger partial charge in [-0.05, 0) is 45.1 Å². The number of nitrogens with zero attached hydrogens (tertiary/aromatic N) is 4. The molecule has 6 nitrogen and oxygen atoms in total. The number of fused-ring (bicyclic) bond motifs is 1. The van der Waals surface area contributed by atoms with E-state index in [1.165, 1.54) is 0 Å². The molecule has 1 saturated heterocycles. The van der Waals surface area contributed by atoms with Gasteiger partial charge in [0.25, 0.3) is 0 Å². The molecular formula is C23H23ClN6S. The smallest absolute Gasteiger partial charge is 0.156 e.